The third-order valence-corrected chi connectivity index (χ3v) is 8.55. The van der Waals surface area contributed by atoms with Crippen molar-refractivity contribution in [3.05, 3.63) is 35.1 Å². The Morgan fingerprint density at radius 1 is 0.556 bits per heavy atom. The summed E-state index contributed by atoms with van der Waals surface area (Å²) in [5.74, 6) is -0.723. The first-order valence-electron chi connectivity index (χ1n) is 5.94. The van der Waals surface area contributed by atoms with Crippen LogP contribution in [0.5, 0.6) is 0 Å². The molecule has 2 aliphatic heterocycles. The number of hydrogen-bond acceptors (Lipinski definition) is 4. The number of allylic oxidation sites excluding steroid dienone is 4. The van der Waals surface area contributed by atoms with Crippen LogP contribution in [0.25, 0.3) is 0 Å². The zero-order valence-corrected chi connectivity index (χ0v) is 11.0. The van der Waals surface area contributed by atoms with Gasteiger partial charge in [0.2, 0.25) is 0 Å². The summed E-state index contributed by atoms with van der Waals surface area (Å²) >= 11 is 0. The van der Waals surface area contributed by atoms with Crippen molar-refractivity contribution in [2.45, 2.75) is 10.5 Å². The Morgan fingerprint density at radius 2 is 0.889 bits per heavy atom. The Morgan fingerprint density at radius 3 is 1.28 bits per heavy atom. The lowest BCUT2D eigenvalue weighted by Gasteiger charge is -2.47. The van der Waals surface area contributed by atoms with Crippen LogP contribution in [0.1, 0.15) is 0 Å². The Bertz CT molecular complexity index is 649. The molecule has 2 heterocycles. The normalized spacial score (nSPS) is 52.4. The van der Waals surface area contributed by atoms with Gasteiger partial charge in [-0.1, -0.05) is 24.3 Å². The van der Waals surface area contributed by atoms with E-state index in [4.69, 9.17) is 0 Å². The van der Waals surface area contributed by atoms with E-state index >= 15 is 0 Å². The summed E-state index contributed by atoms with van der Waals surface area (Å²) in [6.45, 7) is 0. The van der Waals surface area contributed by atoms with Gasteiger partial charge in [-0.3, -0.25) is 0 Å². The number of rotatable bonds is 0. The lowest BCUT2D eigenvalue weighted by atomic mass is 9.63. The fourth-order valence-corrected chi connectivity index (χ4v) is 8.06. The van der Waals surface area contributed by atoms with Gasteiger partial charge in [0.05, 0.1) is 10.5 Å². The molecule has 6 heteroatoms. The fraction of sp³-hybridized carbons (Fsp3) is 0.500. The largest absolute Gasteiger partial charge is 0.224 e. The van der Waals surface area contributed by atoms with Gasteiger partial charge < -0.3 is 0 Å². The van der Waals surface area contributed by atoms with Crippen LogP contribution in [0.3, 0.4) is 0 Å². The first kappa shape index (κ1) is 11.0. The van der Waals surface area contributed by atoms with E-state index in [-0.39, 0.29) is 23.7 Å². The summed E-state index contributed by atoms with van der Waals surface area (Å²) in [5, 5.41) is 1.64. The van der Waals surface area contributed by atoms with E-state index in [0.717, 1.165) is 0 Å². The van der Waals surface area contributed by atoms with E-state index in [2.05, 4.69) is 0 Å². The molecule has 6 unspecified atom stereocenters. The SMILES string of the molecule is O=S1(=O)C=CC2C3C=CC(C4C=CS(=O)(=O)C34)C21. The van der Waals surface area contributed by atoms with E-state index in [0.29, 0.717) is 0 Å². The van der Waals surface area contributed by atoms with Gasteiger partial charge in [-0.15, -0.1) is 0 Å². The monoisotopic (exact) mass is 284 g/mol. The highest BCUT2D eigenvalue weighted by Crippen LogP contribution is 2.55. The van der Waals surface area contributed by atoms with E-state index in [9.17, 15) is 16.8 Å². The molecule has 0 aromatic heterocycles. The van der Waals surface area contributed by atoms with Crippen molar-refractivity contribution in [2.75, 3.05) is 0 Å². The zero-order chi connectivity index (χ0) is 12.7. The molecule has 0 N–H and O–H groups in total. The van der Waals surface area contributed by atoms with Gasteiger partial charge in [0.1, 0.15) is 0 Å². The summed E-state index contributed by atoms with van der Waals surface area (Å²) in [5.41, 5.74) is 0. The molecule has 4 nitrogen and oxygen atoms in total. The molecule has 0 radical (unpaired) electrons. The Kier molecular flexibility index (Phi) is 1.82. The molecule has 0 aromatic rings. The Balaban J connectivity index is 1.92. The third-order valence-electron chi connectivity index (χ3n) is 4.70. The molecule has 5 aliphatic rings. The highest BCUT2D eigenvalue weighted by atomic mass is 32.2. The van der Waals surface area contributed by atoms with Gasteiger partial charge in [-0.2, -0.15) is 0 Å². The summed E-state index contributed by atoms with van der Waals surface area (Å²) in [6.07, 6.45) is 7.18. The average Bonchev–Trinajstić information content (AvgIpc) is 2.81. The van der Waals surface area contributed by atoms with Crippen LogP contribution in [-0.4, -0.2) is 27.3 Å². The maximum Gasteiger partial charge on any atom is 0.175 e. The van der Waals surface area contributed by atoms with Gasteiger partial charge >= 0.3 is 0 Å². The average molecular weight is 284 g/mol. The van der Waals surface area contributed by atoms with Crippen LogP contribution in [0.4, 0.5) is 0 Å². The molecule has 18 heavy (non-hydrogen) atoms. The highest BCUT2D eigenvalue weighted by molar-refractivity contribution is 7.95. The van der Waals surface area contributed by atoms with Crippen LogP contribution in [0.15, 0.2) is 35.1 Å². The van der Waals surface area contributed by atoms with Gasteiger partial charge in [-0.05, 0) is 0 Å². The summed E-state index contributed by atoms with van der Waals surface area (Å²) < 4.78 is 48.2. The molecular weight excluding hydrogens is 272 g/mol. The molecule has 96 valence electrons. The Labute approximate surface area is 106 Å². The smallest absolute Gasteiger partial charge is 0.175 e. The van der Waals surface area contributed by atoms with Gasteiger partial charge in [-0.25, -0.2) is 16.8 Å². The molecular formula is C12H12O4S2. The lowest BCUT2D eigenvalue weighted by molar-refractivity contribution is 0.225. The first-order valence-corrected chi connectivity index (χ1v) is 9.16. The third kappa shape index (κ3) is 1.11. The molecule has 2 bridgehead atoms. The molecule has 0 spiro atoms. The topological polar surface area (TPSA) is 68.3 Å². The summed E-state index contributed by atoms with van der Waals surface area (Å²) in [4.78, 5) is 0. The van der Waals surface area contributed by atoms with Crippen LogP contribution < -0.4 is 0 Å². The quantitative estimate of drug-likeness (QED) is 0.613. The van der Waals surface area contributed by atoms with Crippen LogP contribution in [-0.2, 0) is 19.7 Å². The maximum absolute atomic E-state index is 12.0. The Hall–Kier alpha value is -0.880. The number of hydrogen-bond donors (Lipinski definition) is 0. The molecule has 0 amide bonds. The molecule has 3 aliphatic carbocycles. The van der Waals surface area contributed by atoms with Crippen LogP contribution in [0, 0.1) is 23.7 Å². The van der Waals surface area contributed by atoms with Gasteiger partial charge in [0, 0.05) is 34.5 Å². The van der Waals surface area contributed by atoms with Crippen molar-refractivity contribution in [3.63, 3.8) is 0 Å². The molecule has 5 rings (SSSR count). The van der Waals surface area contributed by atoms with Crippen molar-refractivity contribution < 1.29 is 16.8 Å². The predicted octanol–water partition coefficient (Wildman–Crippen LogP) is 0.656. The minimum atomic E-state index is -3.21. The van der Waals surface area contributed by atoms with E-state index in [1.54, 1.807) is 12.2 Å². The van der Waals surface area contributed by atoms with E-state index in [1.165, 1.54) is 10.8 Å². The fourth-order valence-electron chi connectivity index (χ4n) is 4.06. The van der Waals surface area contributed by atoms with E-state index < -0.39 is 30.2 Å². The minimum Gasteiger partial charge on any atom is -0.224 e. The second kappa shape index (κ2) is 2.99. The van der Waals surface area contributed by atoms with E-state index in [1.807, 2.05) is 12.2 Å². The van der Waals surface area contributed by atoms with Crippen LogP contribution in [0.2, 0.25) is 0 Å². The molecule has 0 saturated heterocycles. The van der Waals surface area contributed by atoms with Crippen molar-refractivity contribution >= 4 is 19.7 Å². The van der Waals surface area contributed by atoms with Gasteiger partial charge in [0.25, 0.3) is 0 Å². The molecule has 6 atom stereocenters. The molecule has 1 saturated carbocycles. The predicted molar refractivity (Wildman–Crippen MR) is 66.8 cm³/mol. The standard InChI is InChI=1S/C12H12O4S2/c13-17(14)6-4-10-8-2-1-7(11(10)17)9-3-5-18(15,16)12(8)9/h1-12H. The first-order chi connectivity index (χ1) is 8.42. The zero-order valence-electron chi connectivity index (χ0n) is 9.38. The van der Waals surface area contributed by atoms with Gasteiger partial charge in [0.15, 0.2) is 19.7 Å². The maximum atomic E-state index is 12.0. The summed E-state index contributed by atoms with van der Waals surface area (Å²) in [6, 6.07) is 0. The minimum absolute atomic E-state index is 0.166. The second-order valence-corrected chi connectivity index (χ2v) is 9.45. The second-order valence-electron chi connectivity index (χ2n) is 5.46. The molecule has 1 fully saturated rings. The van der Waals surface area contributed by atoms with Crippen molar-refractivity contribution in [1.29, 1.82) is 0 Å². The highest BCUT2D eigenvalue weighted by Gasteiger charge is 2.60. The number of sulfone groups is 2. The van der Waals surface area contributed by atoms with Crippen molar-refractivity contribution in [3.8, 4) is 0 Å². The van der Waals surface area contributed by atoms with Crippen molar-refractivity contribution in [2.24, 2.45) is 23.7 Å². The lowest BCUT2D eigenvalue weighted by Crippen LogP contribution is -2.54. The summed E-state index contributed by atoms with van der Waals surface area (Å²) in [7, 11) is -6.43. The van der Waals surface area contributed by atoms with Crippen LogP contribution >= 0.6 is 0 Å². The van der Waals surface area contributed by atoms with Crippen molar-refractivity contribution in [1.82, 2.24) is 0 Å². The molecule has 0 aromatic carbocycles.